The van der Waals surface area contributed by atoms with Crippen LogP contribution in [0.3, 0.4) is 0 Å². The number of carbonyl (C=O) groups excluding carboxylic acids is 2. The van der Waals surface area contributed by atoms with E-state index in [-0.39, 0.29) is 34.9 Å². The summed E-state index contributed by atoms with van der Waals surface area (Å²) < 4.78 is 0. The van der Waals surface area contributed by atoms with Crippen LogP contribution in [0.1, 0.15) is 45.5 Å². The number of carboxylic acid groups (broad SMARTS) is 1. The highest BCUT2D eigenvalue weighted by molar-refractivity contribution is 6.34. The van der Waals surface area contributed by atoms with Gasteiger partial charge >= 0.3 is 5.97 Å². The average molecular weight is 434 g/mol. The molecular formula is C21H24ClN3O5. The first kappa shape index (κ1) is 23.2. The van der Waals surface area contributed by atoms with Crippen molar-refractivity contribution in [2.24, 2.45) is 5.73 Å². The number of rotatable bonds is 10. The fraction of sp³-hybridized carbons (Fsp3) is 0.286. The molecule has 2 rings (SSSR count). The summed E-state index contributed by atoms with van der Waals surface area (Å²) >= 11 is 6.16. The van der Waals surface area contributed by atoms with Gasteiger partial charge in [-0.25, -0.2) is 4.79 Å². The number of phenolic OH excluding ortho intramolecular Hbond substituents is 1. The van der Waals surface area contributed by atoms with Gasteiger partial charge in [0, 0.05) is 12.1 Å². The fourth-order valence-electron chi connectivity index (χ4n) is 2.78. The predicted octanol–water partition coefficient (Wildman–Crippen LogP) is 2.29. The van der Waals surface area contributed by atoms with E-state index >= 15 is 0 Å². The minimum Gasteiger partial charge on any atom is -0.508 e. The van der Waals surface area contributed by atoms with Crippen molar-refractivity contribution in [3.8, 4) is 5.75 Å². The van der Waals surface area contributed by atoms with Crippen molar-refractivity contribution in [3.63, 3.8) is 0 Å². The first-order valence-electron chi connectivity index (χ1n) is 9.41. The molecule has 0 unspecified atom stereocenters. The van der Waals surface area contributed by atoms with Gasteiger partial charge in [-0.3, -0.25) is 9.59 Å². The van der Waals surface area contributed by atoms with Crippen LogP contribution < -0.4 is 16.4 Å². The quantitative estimate of drug-likeness (QED) is 0.364. The van der Waals surface area contributed by atoms with E-state index in [1.165, 1.54) is 30.3 Å². The summed E-state index contributed by atoms with van der Waals surface area (Å²) in [6.07, 6.45) is 1.48. The molecule has 0 saturated carbocycles. The molecule has 6 N–H and O–H groups in total. The maximum Gasteiger partial charge on any atom is 0.326 e. The zero-order valence-electron chi connectivity index (χ0n) is 16.2. The number of hydrogen-bond acceptors (Lipinski definition) is 5. The lowest BCUT2D eigenvalue weighted by atomic mass is 10.1. The second kappa shape index (κ2) is 11.2. The molecule has 2 aromatic rings. The van der Waals surface area contributed by atoms with Gasteiger partial charge in [-0.05, 0) is 61.7 Å². The topological polar surface area (TPSA) is 142 Å². The third kappa shape index (κ3) is 6.75. The number of phenols is 1. The number of aromatic hydroxyl groups is 1. The molecule has 9 heteroatoms. The number of carboxylic acids is 1. The van der Waals surface area contributed by atoms with Crippen LogP contribution in [0.5, 0.6) is 5.75 Å². The lowest BCUT2D eigenvalue weighted by molar-refractivity contribution is -0.139. The smallest absolute Gasteiger partial charge is 0.326 e. The van der Waals surface area contributed by atoms with Crippen molar-refractivity contribution in [3.05, 3.63) is 64.2 Å². The van der Waals surface area contributed by atoms with E-state index in [4.69, 9.17) is 17.3 Å². The van der Waals surface area contributed by atoms with Gasteiger partial charge in [-0.1, -0.05) is 23.7 Å². The van der Waals surface area contributed by atoms with Crippen molar-refractivity contribution in [1.29, 1.82) is 0 Å². The van der Waals surface area contributed by atoms with Crippen molar-refractivity contribution < 1.29 is 24.6 Å². The lowest BCUT2D eigenvalue weighted by Crippen LogP contribution is -2.41. The third-order valence-corrected chi connectivity index (χ3v) is 4.70. The molecule has 2 amide bonds. The molecule has 0 bridgehead atoms. The van der Waals surface area contributed by atoms with Crippen molar-refractivity contribution in [1.82, 2.24) is 10.6 Å². The molecular weight excluding hydrogens is 410 g/mol. The zero-order valence-corrected chi connectivity index (χ0v) is 17.0. The van der Waals surface area contributed by atoms with Crippen molar-refractivity contribution >= 4 is 29.4 Å². The summed E-state index contributed by atoms with van der Waals surface area (Å²) in [6.45, 7) is 0.650. The maximum atomic E-state index is 12.4. The highest BCUT2D eigenvalue weighted by Crippen LogP contribution is 2.19. The zero-order chi connectivity index (χ0) is 22.1. The molecule has 0 heterocycles. The fourth-order valence-corrected chi connectivity index (χ4v) is 3.04. The number of amides is 2. The third-order valence-electron chi connectivity index (χ3n) is 4.39. The van der Waals surface area contributed by atoms with Gasteiger partial charge in [0.2, 0.25) is 0 Å². The van der Waals surface area contributed by atoms with Crippen LogP contribution in [-0.2, 0) is 11.3 Å². The first-order valence-corrected chi connectivity index (χ1v) is 9.79. The Morgan fingerprint density at radius 3 is 2.47 bits per heavy atom. The first-order chi connectivity index (χ1) is 14.3. The number of hydrogen-bond donors (Lipinski definition) is 5. The van der Waals surface area contributed by atoms with Gasteiger partial charge in [-0.15, -0.1) is 0 Å². The minimum absolute atomic E-state index is 0.0311. The summed E-state index contributed by atoms with van der Waals surface area (Å²) in [5.41, 5.74) is 6.45. The summed E-state index contributed by atoms with van der Waals surface area (Å²) in [5.74, 6) is -2.08. The Morgan fingerprint density at radius 1 is 1.07 bits per heavy atom. The summed E-state index contributed by atoms with van der Waals surface area (Å²) in [5, 5.41) is 23.9. The maximum absolute atomic E-state index is 12.4. The Balaban J connectivity index is 2.01. The Labute approximate surface area is 179 Å². The molecule has 0 spiro atoms. The molecule has 0 fully saturated rings. The van der Waals surface area contributed by atoms with Crippen LogP contribution >= 0.6 is 11.6 Å². The van der Waals surface area contributed by atoms with E-state index in [1.54, 1.807) is 12.1 Å². The van der Waals surface area contributed by atoms with Gasteiger partial charge in [0.05, 0.1) is 10.6 Å². The molecule has 8 nitrogen and oxygen atoms in total. The van der Waals surface area contributed by atoms with E-state index in [2.05, 4.69) is 10.6 Å². The van der Waals surface area contributed by atoms with Crippen LogP contribution in [0.15, 0.2) is 42.5 Å². The average Bonchev–Trinajstić information content (AvgIpc) is 2.71. The normalized spacial score (nSPS) is 11.5. The van der Waals surface area contributed by atoms with Gasteiger partial charge in [0.1, 0.15) is 11.8 Å². The van der Waals surface area contributed by atoms with E-state index < -0.39 is 23.8 Å². The predicted molar refractivity (Wildman–Crippen MR) is 113 cm³/mol. The number of carbonyl (C=O) groups is 3. The monoisotopic (exact) mass is 433 g/mol. The van der Waals surface area contributed by atoms with Crippen LogP contribution in [0.25, 0.3) is 0 Å². The molecule has 30 heavy (non-hydrogen) atoms. The molecule has 0 aliphatic carbocycles. The Morgan fingerprint density at radius 2 is 1.83 bits per heavy atom. The molecule has 1 atom stereocenters. The number of benzene rings is 2. The minimum atomic E-state index is -1.14. The van der Waals surface area contributed by atoms with Crippen molar-refractivity contribution in [2.75, 3.05) is 6.54 Å². The highest BCUT2D eigenvalue weighted by Gasteiger charge is 2.22. The molecule has 0 aliphatic rings. The van der Waals surface area contributed by atoms with Crippen LogP contribution in [-0.4, -0.2) is 40.6 Å². The molecule has 0 aliphatic heterocycles. The van der Waals surface area contributed by atoms with Gasteiger partial charge in [0.25, 0.3) is 11.8 Å². The number of nitrogens with one attached hydrogen (secondary N) is 2. The number of nitrogens with two attached hydrogens (primary N) is 1. The Kier molecular flexibility index (Phi) is 8.64. The number of halogens is 1. The van der Waals surface area contributed by atoms with E-state index in [1.807, 2.05) is 0 Å². The summed E-state index contributed by atoms with van der Waals surface area (Å²) in [7, 11) is 0. The van der Waals surface area contributed by atoms with E-state index in [9.17, 15) is 24.6 Å². The molecule has 0 saturated heterocycles. The summed E-state index contributed by atoms with van der Waals surface area (Å²) in [6, 6.07) is 9.59. The SMILES string of the molecule is NCCCC[C@H](NC(=O)c1ccc(C(=O)NCc2cccc(O)c2)cc1Cl)C(=O)O. The highest BCUT2D eigenvalue weighted by atomic mass is 35.5. The van der Waals surface area contributed by atoms with Crippen LogP contribution in [0, 0.1) is 0 Å². The van der Waals surface area contributed by atoms with Gasteiger partial charge < -0.3 is 26.6 Å². The standard InChI is InChI=1S/C21H24ClN3O5/c22-17-11-14(19(27)24-12-13-4-3-5-15(26)10-13)7-8-16(17)20(28)25-18(21(29)30)6-1-2-9-23/h3-5,7-8,10-11,18,26H,1-2,6,9,12,23H2,(H,24,27)(H,25,28)(H,29,30)/t18-/m0/s1. The molecule has 2 aromatic carbocycles. The van der Waals surface area contributed by atoms with Gasteiger partial charge in [-0.2, -0.15) is 0 Å². The molecule has 0 aromatic heterocycles. The number of aliphatic carboxylic acids is 1. The van der Waals surface area contributed by atoms with E-state index in [0.717, 1.165) is 5.56 Å². The second-order valence-electron chi connectivity index (χ2n) is 6.70. The molecule has 0 radical (unpaired) electrons. The van der Waals surface area contributed by atoms with Crippen LogP contribution in [0.4, 0.5) is 0 Å². The van der Waals surface area contributed by atoms with Crippen molar-refractivity contribution in [2.45, 2.75) is 31.8 Å². The second-order valence-corrected chi connectivity index (χ2v) is 7.10. The van der Waals surface area contributed by atoms with Gasteiger partial charge in [0.15, 0.2) is 0 Å². The van der Waals surface area contributed by atoms with E-state index in [0.29, 0.717) is 19.4 Å². The summed E-state index contributed by atoms with van der Waals surface area (Å²) in [4.78, 5) is 36.1. The Bertz CT molecular complexity index is 919. The number of unbranched alkanes of at least 4 members (excludes halogenated alkanes) is 1. The van der Waals surface area contributed by atoms with Crippen LogP contribution in [0.2, 0.25) is 5.02 Å². The Hall–Kier alpha value is -3.10. The lowest BCUT2D eigenvalue weighted by Gasteiger charge is -2.15. The largest absolute Gasteiger partial charge is 0.508 e. The molecule has 160 valence electrons.